The van der Waals surface area contributed by atoms with E-state index in [1.54, 1.807) is 53.4 Å². The zero-order valence-electron chi connectivity index (χ0n) is 21.0. The number of hydrogen-bond donors (Lipinski definition) is 3. The van der Waals surface area contributed by atoms with E-state index in [2.05, 4.69) is 0 Å². The number of likely N-dealkylation sites (tertiary alicyclic amines) is 1. The number of rotatable bonds is 12. The predicted molar refractivity (Wildman–Crippen MR) is 143 cm³/mol. The minimum Gasteiger partial charge on any atom is -0.491 e. The van der Waals surface area contributed by atoms with Crippen LogP contribution in [0.3, 0.4) is 0 Å². The summed E-state index contributed by atoms with van der Waals surface area (Å²) in [5.41, 5.74) is 8.11. The Morgan fingerprint density at radius 3 is 2.37 bits per heavy atom. The zero-order chi connectivity index (χ0) is 27.1. The maximum atomic E-state index is 13.0. The Bertz CT molecular complexity index is 1310. The zero-order valence-corrected chi connectivity index (χ0v) is 21.0. The lowest BCUT2D eigenvalue weighted by molar-refractivity contribution is -0.142. The molecule has 2 atom stereocenters. The second-order valence-electron chi connectivity index (χ2n) is 9.46. The fraction of sp³-hybridized carbons (Fsp3) is 0.267. The van der Waals surface area contributed by atoms with Crippen LogP contribution in [0.2, 0.25) is 0 Å². The number of nitrogens with two attached hydrogens (primary N) is 1. The normalized spacial score (nSPS) is 16.8. The predicted octanol–water partition coefficient (Wildman–Crippen LogP) is 3.91. The quantitative estimate of drug-likeness (QED) is 0.191. The Morgan fingerprint density at radius 1 is 0.974 bits per heavy atom. The number of ether oxygens (including phenoxy) is 1. The maximum absolute atomic E-state index is 13.0. The Hall–Kier alpha value is -4.46. The number of amides is 1. The number of hydrogen-bond acceptors (Lipinski definition) is 5. The van der Waals surface area contributed by atoms with Crippen molar-refractivity contribution in [2.75, 3.05) is 13.2 Å². The van der Waals surface area contributed by atoms with E-state index in [1.807, 2.05) is 30.3 Å². The van der Waals surface area contributed by atoms with Gasteiger partial charge in [0.1, 0.15) is 18.2 Å². The van der Waals surface area contributed by atoms with E-state index in [1.165, 1.54) is 5.56 Å². The lowest BCUT2D eigenvalue weighted by Gasteiger charge is -2.25. The molecule has 8 heteroatoms. The summed E-state index contributed by atoms with van der Waals surface area (Å²) in [5.74, 6) is -1.41. The van der Waals surface area contributed by atoms with Crippen LogP contribution in [0, 0.1) is 11.3 Å². The molecule has 0 bridgehead atoms. The molecule has 1 fully saturated rings. The van der Waals surface area contributed by atoms with Crippen LogP contribution in [0.15, 0.2) is 78.9 Å². The fourth-order valence-corrected chi connectivity index (χ4v) is 4.79. The van der Waals surface area contributed by atoms with Crippen LogP contribution in [0.25, 0.3) is 0 Å². The smallest absolute Gasteiger partial charge is 0.304 e. The molecule has 0 aliphatic carbocycles. The Morgan fingerprint density at radius 2 is 1.68 bits per heavy atom. The van der Waals surface area contributed by atoms with Crippen molar-refractivity contribution < 1.29 is 24.2 Å². The molecule has 1 aliphatic rings. The summed E-state index contributed by atoms with van der Waals surface area (Å²) in [5, 5.41) is 16.8. The number of nitrogens with zero attached hydrogens (tertiary/aromatic N) is 1. The van der Waals surface area contributed by atoms with Crippen LogP contribution >= 0.6 is 0 Å². The number of carbonyl (C=O) groups is 3. The molecule has 38 heavy (non-hydrogen) atoms. The summed E-state index contributed by atoms with van der Waals surface area (Å²) in [6, 6.07) is 23.2. The van der Waals surface area contributed by atoms with Gasteiger partial charge in [-0.2, -0.15) is 0 Å². The van der Waals surface area contributed by atoms with E-state index < -0.39 is 11.9 Å². The molecular formula is C30H31N3O5. The molecule has 4 rings (SSSR count). The third-order valence-electron chi connectivity index (χ3n) is 6.75. The third-order valence-corrected chi connectivity index (χ3v) is 6.75. The Kier molecular flexibility index (Phi) is 8.53. The highest BCUT2D eigenvalue weighted by Gasteiger charge is 2.40. The van der Waals surface area contributed by atoms with E-state index in [0.29, 0.717) is 35.4 Å². The number of nitrogens with one attached hydrogen (secondary N) is 1. The molecule has 0 saturated carbocycles. The van der Waals surface area contributed by atoms with Crippen LogP contribution in [0.5, 0.6) is 5.75 Å². The van der Waals surface area contributed by atoms with Crippen LogP contribution < -0.4 is 10.5 Å². The number of carboxylic acids is 1. The first kappa shape index (κ1) is 26.6. The first-order valence-electron chi connectivity index (χ1n) is 12.6. The highest BCUT2D eigenvalue weighted by molar-refractivity contribution is 6.10. The summed E-state index contributed by atoms with van der Waals surface area (Å²) >= 11 is 0. The van der Waals surface area contributed by atoms with Crippen molar-refractivity contribution >= 4 is 23.5 Å². The molecule has 0 unspecified atom stereocenters. The number of nitrogen functional groups attached to an aromatic ring is 1. The molecular weight excluding hydrogens is 482 g/mol. The summed E-state index contributed by atoms with van der Waals surface area (Å²) < 4.78 is 5.98. The van der Waals surface area contributed by atoms with Gasteiger partial charge in [-0.05, 0) is 55.2 Å². The Labute approximate surface area is 221 Å². The van der Waals surface area contributed by atoms with Crippen molar-refractivity contribution in [2.24, 2.45) is 11.7 Å². The van der Waals surface area contributed by atoms with Crippen molar-refractivity contribution in [3.8, 4) is 5.75 Å². The van der Waals surface area contributed by atoms with Gasteiger partial charge in [-0.25, -0.2) is 0 Å². The van der Waals surface area contributed by atoms with Crippen molar-refractivity contribution in [2.45, 2.75) is 31.7 Å². The molecule has 8 nitrogen and oxygen atoms in total. The molecule has 1 saturated heterocycles. The number of carboxylic acid groups (broad SMARTS) is 1. The van der Waals surface area contributed by atoms with Crippen molar-refractivity contribution in [3.63, 3.8) is 0 Å². The minimum absolute atomic E-state index is 0.103. The van der Waals surface area contributed by atoms with E-state index in [9.17, 15) is 19.5 Å². The lowest BCUT2D eigenvalue weighted by Crippen LogP contribution is -2.38. The molecule has 3 aromatic rings. The van der Waals surface area contributed by atoms with Crippen LogP contribution in [-0.2, 0) is 16.0 Å². The number of aryl methyl sites for hydroxylation is 1. The van der Waals surface area contributed by atoms with Gasteiger partial charge in [0.25, 0.3) is 0 Å². The Balaban J connectivity index is 1.38. The SMILES string of the molecule is N=C(N)c1cccc(C(=O)c2ccc(OC[C@@H]3C[C@@H](CC(=O)O)C(=O)N3CCCc3ccccc3)cc2)c1. The summed E-state index contributed by atoms with van der Waals surface area (Å²) in [4.78, 5) is 38.9. The summed E-state index contributed by atoms with van der Waals surface area (Å²) in [6.07, 6.45) is 1.84. The van der Waals surface area contributed by atoms with Crippen LogP contribution in [0.4, 0.5) is 0 Å². The van der Waals surface area contributed by atoms with Gasteiger partial charge < -0.3 is 20.5 Å². The van der Waals surface area contributed by atoms with E-state index in [0.717, 1.165) is 12.8 Å². The highest BCUT2D eigenvalue weighted by atomic mass is 16.5. The summed E-state index contributed by atoms with van der Waals surface area (Å²) in [6.45, 7) is 0.770. The minimum atomic E-state index is -0.983. The van der Waals surface area contributed by atoms with Gasteiger partial charge >= 0.3 is 5.97 Å². The van der Waals surface area contributed by atoms with Gasteiger partial charge in [0.2, 0.25) is 5.91 Å². The van der Waals surface area contributed by atoms with Crippen molar-refractivity contribution in [1.82, 2.24) is 4.90 Å². The average molecular weight is 514 g/mol. The topological polar surface area (TPSA) is 134 Å². The van der Waals surface area contributed by atoms with E-state index in [4.69, 9.17) is 15.9 Å². The van der Waals surface area contributed by atoms with Crippen molar-refractivity contribution in [3.05, 3.63) is 101 Å². The maximum Gasteiger partial charge on any atom is 0.304 e. The van der Waals surface area contributed by atoms with Gasteiger partial charge in [-0.1, -0.05) is 48.5 Å². The average Bonchev–Trinajstić information content (AvgIpc) is 3.21. The third kappa shape index (κ3) is 6.64. The van der Waals surface area contributed by atoms with Crippen LogP contribution in [0.1, 0.15) is 46.3 Å². The number of amidine groups is 1. The molecule has 1 heterocycles. The van der Waals surface area contributed by atoms with Gasteiger partial charge in [-0.15, -0.1) is 0 Å². The number of carbonyl (C=O) groups excluding carboxylic acids is 2. The molecule has 4 N–H and O–H groups in total. The molecule has 1 aliphatic heterocycles. The lowest BCUT2D eigenvalue weighted by atomic mass is 10.0. The molecule has 196 valence electrons. The van der Waals surface area contributed by atoms with Crippen LogP contribution in [-0.4, -0.2) is 52.7 Å². The number of benzene rings is 3. The number of ketones is 1. The van der Waals surface area contributed by atoms with Gasteiger partial charge in [0.05, 0.1) is 18.4 Å². The fourth-order valence-electron chi connectivity index (χ4n) is 4.79. The van der Waals surface area contributed by atoms with E-state index >= 15 is 0 Å². The van der Waals surface area contributed by atoms with Gasteiger partial charge in [-0.3, -0.25) is 19.8 Å². The molecule has 0 radical (unpaired) electrons. The second kappa shape index (κ2) is 12.2. The first-order chi connectivity index (χ1) is 18.3. The van der Waals surface area contributed by atoms with Gasteiger partial charge in [0, 0.05) is 23.2 Å². The van der Waals surface area contributed by atoms with Gasteiger partial charge in [0.15, 0.2) is 5.78 Å². The molecule has 0 spiro atoms. The van der Waals surface area contributed by atoms with E-state index in [-0.39, 0.29) is 36.6 Å². The molecule has 1 amide bonds. The van der Waals surface area contributed by atoms with Crippen molar-refractivity contribution in [1.29, 1.82) is 5.41 Å². The second-order valence-corrected chi connectivity index (χ2v) is 9.46. The monoisotopic (exact) mass is 513 g/mol. The first-order valence-corrected chi connectivity index (χ1v) is 12.6. The summed E-state index contributed by atoms with van der Waals surface area (Å²) in [7, 11) is 0. The number of aliphatic carboxylic acids is 1. The largest absolute Gasteiger partial charge is 0.491 e. The standard InChI is InChI=1S/C30H31N3O5/c31-29(32)23-10-4-9-22(16-23)28(36)21-11-13-26(14-12-21)38-19-25-17-24(18-27(34)35)30(37)33(25)15-5-8-20-6-2-1-3-7-20/h1-4,6-7,9-14,16,24-25H,5,8,15,17-19H2,(H3,31,32)(H,34,35)/t24-,25-/m0/s1. The highest BCUT2D eigenvalue weighted by Crippen LogP contribution is 2.29. The molecule has 0 aromatic heterocycles. The molecule has 3 aromatic carbocycles.